The van der Waals surface area contributed by atoms with Crippen LogP contribution in [0.15, 0.2) is 36.8 Å². The lowest BCUT2D eigenvalue weighted by Gasteiger charge is -2.08. The number of aromatic nitrogens is 2. The number of methoxy groups -OCH3 is 1. The van der Waals surface area contributed by atoms with Gasteiger partial charge in [0.2, 0.25) is 0 Å². The number of hydrogen-bond acceptors (Lipinski definition) is 2. The van der Waals surface area contributed by atoms with Crippen molar-refractivity contribution in [2.45, 2.75) is 13.5 Å². The lowest BCUT2D eigenvalue weighted by atomic mass is 10.2. The van der Waals surface area contributed by atoms with Gasteiger partial charge in [-0.2, -0.15) is 0 Å². The van der Waals surface area contributed by atoms with Crippen molar-refractivity contribution in [3.05, 3.63) is 48.0 Å². The van der Waals surface area contributed by atoms with E-state index in [9.17, 15) is 0 Å². The molecule has 1 aromatic carbocycles. The topological polar surface area (TPSA) is 27.1 Å². The molecule has 0 spiro atoms. The fourth-order valence-electron chi connectivity index (χ4n) is 1.59. The first-order chi connectivity index (χ1) is 7.29. The van der Waals surface area contributed by atoms with E-state index in [1.54, 1.807) is 7.11 Å². The molecule has 1 heterocycles. The quantitative estimate of drug-likeness (QED) is 0.763. The second-order valence-electron chi connectivity index (χ2n) is 3.50. The molecule has 0 unspecified atom stereocenters. The van der Waals surface area contributed by atoms with Gasteiger partial charge in [0.25, 0.3) is 0 Å². The summed E-state index contributed by atoms with van der Waals surface area (Å²) in [5.74, 6) is 0.920. The van der Waals surface area contributed by atoms with Crippen LogP contribution in [0.1, 0.15) is 11.3 Å². The van der Waals surface area contributed by atoms with Gasteiger partial charge in [0.15, 0.2) is 0 Å². The van der Waals surface area contributed by atoms with Crippen LogP contribution < -0.4 is 4.74 Å². The van der Waals surface area contributed by atoms with Gasteiger partial charge in [-0.05, 0) is 13.0 Å². The summed E-state index contributed by atoms with van der Waals surface area (Å²) in [5, 5.41) is 0. The highest BCUT2D eigenvalue weighted by Crippen LogP contribution is 2.18. The zero-order chi connectivity index (χ0) is 10.7. The van der Waals surface area contributed by atoms with Crippen molar-refractivity contribution in [2.24, 2.45) is 0 Å². The van der Waals surface area contributed by atoms with Crippen LogP contribution in [0, 0.1) is 6.92 Å². The van der Waals surface area contributed by atoms with Crippen molar-refractivity contribution in [3.63, 3.8) is 0 Å². The van der Waals surface area contributed by atoms with Gasteiger partial charge in [0.05, 0.1) is 25.7 Å². The van der Waals surface area contributed by atoms with Crippen molar-refractivity contribution >= 4 is 0 Å². The molecule has 0 aliphatic heterocycles. The maximum absolute atomic E-state index is 5.29. The highest BCUT2D eigenvalue weighted by atomic mass is 16.5. The standard InChI is InChI=1S/C12H14N2O/c1-10-7-14(9-13-10)8-11-5-3-4-6-12(11)15-2/h3-7,9H,8H2,1-2H3. The molecular weight excluding hydrogens is 188 g/mol. The summed E-state index contributed by atoms with van der Waals surface area (Å²) >= 11 is 0. The lowest BCUT2D eigenvalue weighted by Crippen LogP contribution is -1.99. The van der Waals surface area contributed by atoms with E-state index in [-0.39, 0.29) is 0 Å². The summed E-state index contributed by atoms with van der Waals surface area (Å²) in [6.07, 6.45) is 3.86. The third-order valence-corrected chi connectivity index (χ3v) is 2.31. The summed E-state index contributed by atoms with van der Waals surface area (Å²) in [4.78, 5) is 4.19. The SMILES string of the molecule is COc1ccccc1Cn1cnc(C)c1. The van der Waals surface area contributed by atoms with Gasteiger partial charge in [-0.3, -0.25) is 0 Å². The van der Waals surface area contributed by atoms with Crippen LogP contribution in [0.25, 0.3) is 0 Å². The van der Waals surface area contributed by atoms with Gasteiger partial charge >= 0.3 is 0 Å². The second kappa shape index (κ2) is 4.17. The first kappa shape index (κ1) is 9.77. The molecule has 0 amide bonds. The Morgan fingerprint density at radius 2 is 2.13 bits per heavy atom. The molecule has 0 saturated carbocycles. The second-order valence-corrected chi connectivity index (χ2v) is 3.50. The molecular formula is C12H14N2O. The molecule has 3 heteroatoms. The molecule has 0 atom stereocenters. The van der Waals surface area contributed by atoms with Crippen molar-refractivity contribution in [1.82, 2.24) is 9.55 Å². The number of ether oxygens (including phenoxy) is 1. The minimum absolute atomic E-state index is 0.796. The Kier molecular flexibility index (Phi) is 2.72. The van der Waals surface area contributed by atoms with E-state index in [0.717, 1.165) is 23.6 Å². The van der Waals surface area contributed by atoms with Gasteiger partial charge in [-0.15, -0.1) is 0 Å². The van der Waals surface area contributed by atoms with Crippen molar-refractivity contribution in [3.8, 4) is 5.75 Å². The smallest absolute Gasteiger partial charge is 0.123 e. The molecule has 3 nitrogen and oxygen atoms in total. The first-order valence-corrected chi connectivity index (χ1v) is 4.90. The van der Waals surface area contributed by atoms with Gasteiger partial charge in [-0.25, -0.2) is 4.98 Å². The van der Waals surface area contributed by atoms with E-state index in [1.807, 2.05) is 42.2 Å². The predicted octanol–water partition coefficient (Wildman–Crippen LogP) is 2.25. The molecule has 0 bridgehead atoms. The number of rotatable bonds is 3. The monoisotopic (exact) mass is 202 g/mol. The lowest BCUT2D eigenvalue weighted by molar-refractivity contribution is 0.408. The maximum atomic E-state index is 5.29. The average Bonchev–Trinajstić information content (AvgIpc) is 2.65. The molecule has 0 radical (unpaired) electrons. The third-order valence-electron chi connectivity index (χ3n) is 2.31. The summed E-state index contributed by atoms with van der Waals surface area (Å²) in [6.45, 7) is 2.78. The highest BCUT2D eigenvalue weighted by Gasteiger charge is 2.02. The highest BCUT2D eigenvalue weighted by molar-refractivity contribution is 5.33. The largest absolute Gasteiger partial charge is 0.496 e. The van der Waals surface area contributed by atoms with E-state index >= 15 is 0 Å². The van der Waals surface area contributed by atoms with E-state index in [4.69, 9.17) is 4.74 Å². The van der Waals surface area contributed by atoms with Crippen molar-refractivity contribution in [2.75, 3.05) is 7.11 Å². The number of nitrogens with zero attached hydrogens (tertiary/aromatic N) is 2. The van der Waals surface area contributed by atoms with Crippen LogP contribution >= 0.6 is 0 Å². The number of benzene rings is 1. The van der Waals surface area contributed by atoms with E-state index in [2.05, 4.69) is 11.1 Å². The van der Waals surface area contributed by atoms with E-state index < -0.39 is 0 Å². The van der Waals surface area contributed by atoms with E-state index in [0.29, 0.717) is 0 Å². The molecule has 78 valence electrons. The van der Waals surface area contributed by atoms with Gasteiger partial charge in [0.1, 0.15) is 5.75 Å². The van der Waals surface area contributed by atoms with Crippen molar-refractivity contribution in [1.29, 1.82) is 0 Å². The molecule has 15 heavy (non-hydrogen) atoms. The Hall–Kier alpha value is -1.77. The summed E-state index contributed by atoms with van der Waals surface area (Å²) in [5.41, 5.74) is 2.20. The van der Waals surface area contributed by atoms with Crippen LogP contribution in [-0.4, -0.2) is 16.7 Å². The maximum Gasteiger partial charge on any atom is 0.123 e. The van der Waals surface area contributed by atoms with Crippen molar-refractivity contribution < 1.29 is 4.74 Å². The number of imidazole rings is 1. The Bertz CT molecular complexity index is 448. The average molecular weight is 202 g/mol. The van der Waals surface area contributed by atoms with Crippen LogP contribution in [-0.2, 0) is 6.54 Å². The number of aryl methyl sites for hydroxylation is 1. The molecule has 1 aromatic heterocycles. The first-order valence-electron chi connectivity index (χ1n) is 4.90. The summed E-state index contributed by atoms with van der Waals surface area (Å²) in [7, 11) is 1.69. The van der Waals surface area contributed by atoms with E-state index in [1.165, 1.54) is 0 Å². The zero-order valence-electron chi connectivity index (χ0n) is 8.97. The van der Waals surface area contributed by atoms with Crippen LogP contribution in [0.2, 0.25) is 0 Å². The van der Waals surface area contributed by atoms with Crippen LogP contribution in [0.5, 0.6) is 5.75 Å². The van der Waals surface area contributed by atoms with Gasteiger partial charge < -0.3 is 9.30 Å². The molecule has 0 aliphatic rings. The minimum Gasteiger partial charge on any atom is -0.496 e. The minimum atomic E-state index is 0.796. The summed E-state index contributed by atoms with van der Waals surface area (Å²) in [6, 6.07) is 8.02. The van der Waals surface area contributed by atoms with Gasteiger partial charge in [0, 0.05) is 11.8 Å². The van der Waals surface area contributed by atoms with Crippen LogP contribution in [0.4, 0.5) is 0 Å². The fraction of sp³-hybridized carbons (Fsp3) is 0.250. The predicted molar refractivity (Wildman–Crippen MR) is 59.1 cm³/mol. The molecule has 2 aromatic rings. The molecule has 0 aliphatic carbocycles. The Morgan fingerprint density at radius 1 is 1.33 bits per heavy atom. The fourth-order valence-corrected chi connectivity index (χ4v) is 1.59. The number of para-hydroxylation sites is 1. The van der Waals surface area contributed by atoms with Gasteiger partial charge in [-0.1, -0.05) is 18.2 Å². The Balaban J connectivity index is 2.23. The normalized spacial score (nSPS) is 10.3. The molecule has 2 rings (SSSR count). The Labute approximate surface area is 89.3 Å². The summed E-state index contributed by atoms with van der Waals surface area (Å²) < 4.78 is 7.34. The molecule has 0 N–H and O–H groups in total. The zero-order valence-corrected chi connectivity index (χ0v) is 8.97. The third kappa shape index (κ3) is 2.18. The molecule has 0 fully saturated rings. The molecule has 0 saturated heterocycles. The van der Waals surface area contributed by atoms with Crippen LogP contribution in [0.3, 0.4) is 0 Å². The number of hydrogen-bond donors (Lipinski definition) is 0. The Morgan fingerprint density at radius 3 is 2.80 bits per heavy atom.